The Hall–Kier alpha value is -2.24. The number of aromatic amines is 1. The predicted octanol–water partition coefficient (Wildman–Crippen LogP) is 5.80. The first-order valence-corrected chi connectivity index (χ1v) is 11.9. The van der Waals surface area contributed by atoms with Crippen LogP contribution in [0.2, 0.25) is 0 Å². The fraction of sp³-hybridized carbons (Fsp3) is 0.500. The van der Waals surface area contributed by atoms with E-state index in [2.05, 4.69) is 50.6 Å². The van der Waals surface area contributed by atoms with Gasteiger partial charge in [0.25, 0.3) is 0 Å². The van der Waals surface area contributed by atoms with Crippen LogP contribution in [0.3, 0.4) is 0 Å². The molecule has 0 spiro atoms. The van der Waals surface area contributed by atoms with Crippen LogP contribution in [0.15, 0.2) is 48.7 Å². The number of rotatable bonds is 11. The molecule has 1 saturated carbocycles. The van der Waals surface area contributed by atoms with E-state index >= 15 is 0 Å². The van der Waals surface area contributed by atoms with Gasteiger partial charge in [-0.3, -0.25) is 4.90 Å². The largest absolute Gasteiger partial charge is 0.361 e. The van der Waals surface area contributed by atoms with Crippen molar-refractivity contribution in [2.45, 2.75) is 70.5 Å². The smallest absolute Gasteiger partial charge is 0.213 e. The lowest BCUT2D eigenvalue weighted by Crippen LogP contribution is -2.31. The fourth-order valence-corrected chi connectivity index (χ4v) is 4.73. The summed E-state index contributed by atoms with van der Waals surface area (Å²) in [4.78, 5) is 9.85. The third-order valence-corrected chi connectivity index (χ3v) is 6.42. The molecule has 2 heterocycles. The van der Waals surface area contributed by atoms with Gasteiger partial charge in [-0.25, -0.2) is 4.98 Å². The molecule has 0 atom stereocenters. The summed E-state index contributed by atoms with van der Waals surface area (Å²) in [6, 6.07) is 14.2. The second kappa shape index (κ2) is 11.4. The summed E-state index contributed by atoms with van der Waals surface area (Å²) in [6.45, 7) is 3.61. The average Bonchev–Trinajstić information content (AvgIpc) is 3.19. The Morgan fingerprint density at radius 3 is 2.71 bits per heavy atom. The van der Waals surface area contributed by atoms with Crippen molar-refractivity contribution in [3.05, 3.63) is 65.9 Å². The second-order valence-corrected chi connectivity index (χ2v) is 8.87. The molecule has 0 saturated heterocycles. The van der Waals surface area contributed by atoms with E-state index in [9.17, 15) is 4.39 Å². The molecule has 166 valence electrons. The number of benzene rings is 1. The Bertz CT molecular complexity index is 932. The molecule has 0 bridgehead atoms. The van der Waals surface area contributed by atoms with Crippen LogP contribution in [0.4, 0.5) is 4.39 Å². The number of halogens is 1. The molecule has 4 rings (SSSR count). The third kappa shape index (κ3) is 6.62. The van der Waals surface area contributed by atoms with Crippen molar-refractivity contribution in [3.8, 4) is 0 Å². The minimum absolute atomic E-state index is 0.404. The summed E-state index contributed by atoms with van der Waals surface area (Å²) in [5, 5.41) is 5.00. The maximum atomic E-state index is 13.6. The molecule has 0 radical (unpaired) electrons. The molecule has 1 aliphatic carbocycles. The van der Waals surface area contributed by atoms with Gasteiger partial charge in [-0.15, -0.1) is 0 Å². The zero-order chi connectivity index (χ0) is 21.3. The first-order valence-electron chi connectivity index (χ1n) is 11.9. The third-order valence-electron chi connectivity index (χ3n) is 6.42. The highest BCUT2D eigenvalue weighted by molar-refractivity contribution is 5.82. The van der Waals surface area contributed by atoms with Crippen LogP contribution >= 0.6 is 0 Å². The van der Waals surface area contributed by atoms with Gasteiger partial charge in [-0.2, -0.15) is 4.39 Å². The first kappa shape index (κ1) is 22.0. The number of para-hydroxylation sites is 1. The molecular weight excluding hydrogens is 387 g/mol. The molecule has 3 aromatic rings. The molecule has 31 heavy (non-hydrogen) atoms. The van der Waals surface area contributed by atoms with Gasteiger partial charge in [-0.1, -0.05) is 49.9 Å². The van der Waals surface area contributed by atoms with E-state index in [1.807, 2.05) is 6.07 Å². The second-order valence-electron chi connectivity index (χ2n) is 8.87. The van der Waals surface area contributed by atoms with E-state index < -0.39 is 5.95 Å². The summed E-state index contributed by atoms with van der Waals surface area (Å²) < 4.78 is 13.6. The van der Waals surface area contributed by atoms with E-state index in [0.717, 1.165) is 43.3 Å². The summed E-state index contributed by atoms with van der Waals surface area (Å²) in [7, 11) is 0. The lowest BCUT2D eigenvalue weighted by molar-refractivity contribution is 0.247. The zero-order valence-corrected chi connectivity index (χ0v) is 18.5. The summed E-state index contributed by atoms with van der Waals surface area (Å²) in [6.07, 6.45) is 12.5. The number of hydrogen-bond acceptors (Lipinski definition) is 3. The van der Waals surface area contributed by atoms with Crippen molar-refractivity contribution in [2.75, 3.05) is 13.1 Å². The lowest BCUT2D eigenvalue weighted by atomic mass is 9.95. The Labute approximate surface area is 185 Å². The van der Waals surface area contributed by atoms with Gasteiger partial charge in [0.05, 0.1) is 5.69 Å². The number of nitrogens with one attached hydrogen (secondary N) is 2. The molecule has 2 aromatic heterocycles. The van der Waals surface area contributed by atoms with Gasteiger partial charge in [0.2, 0.25) is 5.95 Å². The SMILES string of the molecule is Fc1cccc(CN(CCCCCNC2CCCCC2)Cc2c[nH]c3ccccc23)n1. The minimum Gasteiger partial charge on any atom is -0.361 e. The van der Waals surface area contributed by atoms with Crippen LogP contribution in [0.25, 0.3) is 10.9 Å². The van der Waals surface area contributed by atoms with Crippen molar-refractivity contribution in [2.24, 2.45) is 0 Å². The number of fused-ring (bicyclic) bond motifs is 1. The summed E-state index contributed by atoms with van der Waals surface area (Å²) >= 11 is 0. The Kier molecular flexibility index (Phi) is 8.08. The number of hydrogen-bond donors (Lipinski definition) is 2. The molecule has 1 aliphatic rings. The van der Waals surface area contributed by atoms with Crippen LogP contribution in [-0.2, 0) is 13.1 Å². The average molecular weight is 423 g/mol. The highest BCUT2D eigenvalue weighted by Gasteiger charge is 2.13. The molecule has 0 unspecified atom stereocenters. The van der Waals surface area contributed by atoms with Gasteiger partial charge in [0.1, 0.15) is 0 Å². The number of pyridine rings is 1. The van der Waals surface area contributed by atoms with Crippen LogP contribution in [0.5, 0.6) is 0 Å². The quantitative estimate of drug-likeness (QED) is 0.303. The Morgan fingerprint density at radius 1 is 0.968 bits per heavy atom. The highest BCUT2D eigenvalue weighted by atomic mass is 19.1. The first-order chi connectivity index (χ1) is 15.3. The Balaban J connectivity index is 1.30. The van der Waals surface area contributed by atoms with Crippen molar-refractivity contribution in [1.82, 2.24) is 20.2 Å². The molecule has 4 nitrogen and oxygen atoms in total. The molecule has 1 aromatic carbocycles. The standard InChI is InChI=1S/C26H35FN4/c27-26-15-9-12-23(30-26)20-31(19-21-18-29-25-14-6-5-13-24(21)25)17-8-2-7-16-28-22-10-3-1-4-11-22/h5-6,9,12-15,18,22,28-29H,1-4,7-8,10-11,16-17,19-20H2. The molecular formula is C26H35FN4. The summed E-state index contributed by atoms with van der Waals surface area (Å²) in [5.74, 6) is -0.404. The molecule has 2 N–H and O–H groups in total. The number of H-pyrrole nitrogens is 1. The number of nitrogens with zero attached hydrogens (tertiary/aromatic N) is 2. The van der Waals surface area contributed by atoms with E-state index in [1.54, 1.807) is 6.07 Å². The van der Waals surface area contributed by atoms with Gasteiger partial charge in [-0.05, 0) is 62.5 Å². The molecule has 1 fully saturated rings. The molecule has 5 heteroatoms. The van der Waals surface area contributed by atoms with Crippen LogP contribution < -0.4 is 5.32 Å². The number of aromatic nitrogens is 2. The number of unbranched alkanes of at least 4 members (excludes halogenated alkanes) is 2. The monoisotopic (exact) mass is 422 g/mol. The lowest BCUT2D eigenvalue weighted by Gasteiger charge is -2.23. The van der Waals surface area contributed by atoms with Gasteiger partial charge in [0.15, 0.2) is 0 Å². The minimum atomic E-state index is -0.404. The predicted molar refractivity (Wildman–Crippen MR) is 125 cm³/mol. The van der Waals surface area contributed by atoms with E-state index in [4.69, 9.17) is 0 Å². The van der Waals surface area contributed by atoms with Crippen LogP contribution in [0, 0.1) is 5.95 Å². The van der Waals surface area contributed by atoms with Crippen molar-refractivity contribution in [1.29, 1.82) is 0 Å². The molecule has 0 amide bonds. The van der Waals surface area contributed by atoms with E-state index in [1.165, 1.54) is 62.0 Å². The van der Waals surface area contributed by atoms with Crippen molar-refractivity contribution in [3.63, 3.8) is 0 Å². The van der Waals surface area contributed by atoms with E-state index in [0.29, 0.717) is 6.54 Å². The van der Waals surface area contributed by atoms with Crippen molar-refractivity contribution < 1.29 is 4.39 Å². The maximum absolute atomic E-state index is 13.6. The normalized spacial score (nSPS) is 15.2. The maximum Gasteiger partial charge on any atom is 0.213 e. The van der Waals surface area contributed by atoms with Gasteiger partial charge in [0, 0.05) is 36.2 Å². The highest BCUT2D eigenvalue weighted by Crippen LogP contribution is 2.21. The molecule has 0 aliphatic heterocycles. The van der Waals surface area contributed by atoms with Crippen molar-refractivity contribution >= 4 is 10.9 Å². The van der Waals surface area contributed by atoms with Crippen LogP contribution in [0.1, 0.15) is 62.6 Å². The fourth-order valence-electron chi connectivity index (χ4n) is 4.73. The topological polar surface area (TPSA) is 44.0 Å². The van der Waals surface area contributed by atoms with E-state index in [-0.39, 0.29) is 0 Å². The van der Waals surface area contributed by atoms with Gasteiger partial charge >= 0.3 is 0 Å². The summed E-state index contributed by atoms with van der Waals surface area (Å²) in [5.41, 5.74) is 3.24. The van der Waals surface area contributed by atoms with Crippen LogP contribution in [-0.4, -0.2) is 34.0 Å². The Morgan fingerprint density at radius 2 is 1.84 bits per heavy atom. The zero-order valence-electron chi connectivity index (χ0n) is 18.5. The van der Waals surface area contributed by atoms with Gasteiger partial charge < -0.3 is 10.3 Å².